The maximum atomic E-state index is 5.46. The average Bonchev–Trinajstić information content (AvgIpc) is 3.08. The van der Waals surface area contributed by atoms with Crippen molar-refractivity contribution in [1.29, 1.82) is 0 Å². The molecule has 2 aromatic carbocycles. The summed E-state index contributed by atoms with van der Waals surface area (Å²) < 4.78 is 5.46. The van der Waals surface area contributed by atoms with Gasteiger partial charge in [0.25, 0.3) is 0 Å². The molecule has 0 spiro atoms. The first-order valence-corrected chi connectivity index (χ1v) is 8.24. The molecule has 0 saturated carbocycles. The molecule has 1 aliphatic heterocycles. The second-order valence-corrected chi connectivity index (χ2v) is 6.15. The van der Waals surface area contributed by atoms with Gasteiger partial charge >= 0.3 is 0 Å². The van der Waals surface area contributed by atoms with Crippen LogP contribution in [0.15, 0.2) is 47.5 Å². The zero-order valence-corrected chi connectivity index (χ0v) is 16.7. The van der Waals surface area contributed by atoms with E-state index < -0.39 is 0 Å². The van der Waals surface area contributed by atoms with Crippen LogP contribution in [0.3, 0.4) is 0 Å². The lowest BCUT2D eigenvalue weighted by molar-refractivity contribution is 0.181. The summed E-state index contributed by atoms with van der Waals surface area (Å²) in [7, 11) is 3.93. The third-order valence-corrected chi connectivity index (χ3v) is 4.45. The minimum atomic E-state index is 0. The monoisotopic (exact) mass is 439 g/mol. The van der Waals surface area contributed by atoms with E-state index in [1.165, 1.54) is 16.3 Å². The molecule has 1 fully saturated rings. The number of hydrogen-bond donors (Lipinski definition) is 1. The molecule has 3 rings (SSSR count). The molecule has 5 heteroatoms. The van der Waals surface area contributed by atoms with Gasteiger partial charge < -0.3 is 15.0 Å². The molecule has 0 aliphatic carbocycles. The molecule has 1 heterocycles. The molecule has 0 aromatic heterocycles. The Morgan fingerprint density at radius 2 is 2.04 bits per heavy atom. The first-order valence-electron chi connectivity index (χ1n) is 8.24. The van der Waals surface area contributed by atoms with Crippen molar-refractivity contribution >= 4 is 40.7 Å². The number of rotatable bonds is 4. The van der Waals surface area contributed by atoms with Gasteiger partial charge in [0.1, 0.15) is 0 Å². The highest BCUT2D eigenvalue weighted by Crippen LogP contribution is 2.18. The summed E-state index contributed by atoms with van der Waals surface area (Å²) in [4.78, 5) is 6.61. The molecule has 1 saturated heterocycles. The Kier molecular flexibility index (Phi) is 7.30. The summed E-state index contributed by atoms with van der Waals surface area (Å²) in [6.07, 6.45) is 1.14. The van der Waals surface area contributed by atoms with Crippen LogP contribution in [0, 0.1) is 5.92 Å². The molecule has 4 nitrogen and oxygen atoms in total. The number of benzene rings is 2. The topological polar surface area (TPSA) is 36.9 Å². The molecule has 0 radical (unpaired) electrons. The van der Waals surface area contributed by atoms with Crippen molar-refractivity contribution < 1.29 is 4.74 Å². The van der Waals surface area contributed by atoms with Gasteiger partial charge in [0.05, 0.1) is 6.61 Å². The number of nitrogens with one attached hydrogen (secondary N) is 1. The van der Waals surface area contributed by atoms with E-state index in [2.05, 4.69) is 64.7 Å². The minimum Gasteiger partial charge on any atom is -0.381 e. The number of fused-ring (bicyclic) bond motifs is 1. The average molecular weight is 439 g/mol. The van der Waals surface area contributed by atoms with E-state index in [0.29, 0.717) is 5.92 Å². The van der Waals surface area contributed by atoms with E-state index in [9.17, 15) is 0 Å². The smallest absolute Gasteiger partial charge is 0.193 e. The summed E-state index contributed by atoms with van der Waals surface area (Å²) >= 11 is 0. The van der Waals surface area contributed by atoms with Gasteiger partial charge in [0, 0.05) is 39.7 Å². The van der Waals surface area contributed by atoms with Crippen LogP contribution >= 0.6 is 24.0 Å². The van der Waals surface area contributed by atoms with Crippen molar-refractivity contribution in [3.63, 3.8) is 0 Å². The fraction of sp³-hybridized carbons (Fsp3) is 0.421. The van der Waals surface area contributed by atoms with Crippen LogP contribution in [0.4, 0.5) is 0 Å². The number of halogens is 1. The van der Waals surface area contributed by atoms with E-state index in [0.717, 1.165) is 38.7 Å². The molecule has 1 atom stereocenters. The Morgan fingerprint density at radius 1 is 1.25 bits per heavy atom. The minimum absolute atomic E-state index is 0. The van der Waals surface area contributed by atoms with Gasteiger partial charge in [-0.05, 0) is 22.8 Å². The van der Waals surface area contributed by atoms with Crippen molar-refractivity contribution in [2.75, 3.05) is 33.9 Å². The first kappa shape index (κ1) is 19.0. The lowest BCUT2D eigenvalue weighted by Gasteiger charge is -2.24. The Labute approximate surface area is 161 Å². The second kappa shape index (κ2) is 9.22. The maximum absolute atomic E-state index is 5.46. The predicted octanol–water partition coefficient (Wildman–Crippen LogP) is 3.50. The Balaban J connectivity index is 0.00000208. The lowest BCUT2D eigenvalue weighted by Crippen LogP contribution is -2.41. The van der Waals surface area contributed by atoms with Crippen LogP contribution in [0.25, 0.3) is 10.8 Å². The largest absolute Gasteiger partial charge is 0.381 e. The van der Waals surface area contributed by atoms with Crippen LogP contribution < -0.4 is 5.32 Å². The number of guanidine groups is 1. The fourth-order valence-corrected chi connectivity index (χ4v) is 3.21. The number of aliphatic imine (C=N–C) groups is 1. The van der Waals surface area contributed by atoms with Gasteiger partial charge in [-0.25, -0.2) is 0 Å². The molecule has 0 amide bonds. The summed E-state index contributed by atoms with van der Waals surface area (Å²) in [5, 5.41) is 6.06. The molecule has 24 heavy (non-hydrogen) atoms. The molecular formula is C19H26IN3O. The Bertz CT molecular complexity index is 678. The molecule has 1 N–H and O–H groups in total. The van der Waals surface area contributed by atoms with E-state index in [-0.39, 0.29) is 24.0 Å². The summed E-state index contributed by atoms with van der Waals surface area (Å²) in [6, 6.07) is 14.9. The summed E-state index contributed by atoms with van der Waals surface area (Å²) in [5.41, 5.74) is 1.29. The molecular weight excluding hydrogens is 413 g/mol. The van der Waals surface area contributed by atoms with E-state index >= 15 is 0 Å². The zero-order valence-electron chi connectivity index (χ0n) is 14.4. The van der Waals surface area contributed by atoms with E-state index in [4.69, 9.17) is 4.74 Å². The van der Waals surface area contributed by atoms with Crippen molar-refractivity contribution in [3.05, 3.63) is 48.0 Å². The Morgan fingerprint density at radius 3 is 2.79 bits per heavy atom. The van der Waals surface area contributed by atoms with Crippen LogP contribution in [-0.2, 0) is 11.3 Å². The number of ether oxygens (including phenoxy) is 1. The SMILES string of the molecule is CN=C(NCc1cccc2ccccc12)N(C)CC1CCOC1.I. The van der Waals surface area contributed by atoms with Crippen LogP contribution in [-0.4, -0.2) is 44.7 Å². The predicted molar refractivity (Wildman–Crippen MR) is 111 cm³/mol. The molecule has 0 bridgehead atoms. The Hall–Kier alpha value is -1.34. The molecule has 2 aromatic rings. The highest BCUT2D eigenvalue weighted by molar-refractivity contribution is 14.0. The van der Waals surface area contributed by atoms with E-state index in [1.807, 2.05) is 7.05 Å². The summed E-state index contributed by atoms with van der Waals surface area (Å²) in [6.45, 7) is 3.51. The number of hydrogen-bond acceptors (Lipinski definition) is 2. The van der Waals surface area contributed by atoms with Gasteiger partial charge in [-0.15, -0.1) is 24.0 Å². The quantitative estimate of drug-likeness (QED) is 0.450. The van der Waals surface area contributed by atoms with E-state index in [1.54, 1.807) is 0 Å². The third-order valence-electron chi connectivity index (χ3n) is 4.45. The third kappa shape index (κ3) is 4.60. The van der Waals surface area contributed by atoms with Crippen molar-refractivity contribution in [2.24, 2.45) is 10.9 Å². The standard InChI is InChI=1S/C19H25N3O.HI/c1-20-19(22(2)13-15-10-11-23-14-15)21-12-17-8-5-7-16-6-3-4-9-18(16)17;/h3-9,15H,10-14H2,1-2H3,(H,20,21);1H. The summed E-state index contributed by atoms with van der Waals surface area (Å²) in [5.74, 6) is 1.54. The van der Waals surface area contributed by atoms with Gasteiger partial charge in [-0.2, -0.15) is 0 Å². The molecule has 1 aliphatic rings. The fourth-order valence-electron chi connectivity index (χ4n) is 3.21. The van der Waals surface area contributed by atoms with Crippen molar-refractivity contribution in [2.45, 2.75) is 13.0 Å². The van der Waals surface area contributed by atoms with Gasteiger partial charge in [0.2, 0.25) is 0 Å². The highest BCUT2D eigenvalue weighted by Gasteiger charge is 2.19. The lowest BCUT2D eigenvalue weighted by atomic mass is 10.0. The van der Waals surface area contributed by atoms with Gasteiger partial charge in [0.15, 0.2) is 5.96 Å². The molecule has 130 valence electrons. The second-order valence-electron chi connectivity index (χ2n) is 6.15. The number of nitrogens with zero attached hydrogens (tertiary/aromatic N) is 2. The van der Waals surface area contributed by atoms with Gasteiger partial charge in [-0.1, -0.05) is 42.5 Å². The zero-order chi connectivity index (χ0) is 16.1. The highest BCUT2D eigenvalue weighted by atomic mass is 127. The van der Waals surface area contributed by atoms with Crippen molar-refractivity contribution in [1.82, 2.24) is 10.2 Å². The van der Waals surface area contributed by atoms with Crippen LogP contribution in [0.5, 0.6) is 0 Å². The van der Waals surface area contributed by atoms with Crippen LogP contribution in [0.1, 0.15) is 12.0 Å². The first-order chi connectivity index (χ1) is 11.3. The van der Waals surface area contributed by atoms with Crippen molar-refractivity contribution in [3.8, 4) is 0 Å². The molecule has 1 unspecified atom stereocenters. The van der Waals surface area contributed by atoms with Crippen LogP contribution in [0.2, 0.25) is 0 Å². The normalized spacial score (nSPS) is 17.6. The van der Waals surface area contributed by atoms with Gasteiger partial charge in [-0.3, -0.25) is 4.99 Å². The maximum Gasteiger partial charge on any atom is 0.193 e.